The van der Waals surface area contributed by atoms with Gasteiger partial charge in [-0.1, -0.05) is 0 Å². The van der Waals surface area contributed by atoms with Crippen molar-refractivity contribution in [2.24, 2.45) is 0 Å². The molecule has 0 fully saturated rings. The highest BCUT2D eigenvalue weighted by Gasteiger charge is 2.08. The average Bonchev–Trinajstić information content (AvgIpc) is 2.34. The SMILES string of the molecule is CC[s+]1cccc1NC(=O)[O-]. The predicted molar refractivity (Wildman–Crippen MR) is 43.6 cm³/mol. The largest absolute Gasteiger partial charge is 0.530 e. The molecule has 1 aromatic heterocycles. The van der Waals surface area contributed by atoms with Crippen molar-refractivity contribution in [2.75, 3.05) is 5.32 Å². The fourth-order valence-corrected chi connectivity index (χ4v) is 2.23. The van der Waals surface area contributed by atoms with Crippen LogP contribution in [0.25, 0.3) is 0 Å². The number of nitrogens with one attached hydrogen (secondary N) is 1. The van der Waals surface area contributed by atoms with Crippen molar-refractivity contribution in [3.05, 3.63) is 17.5 Å². The molecule has 60 valence electrons. The van der Waals surface area contributed by atoms with E-state index in [4.69, 9.17) is 0 Å². The molecule has 11 heavy (non-hydrogen) atoms. The zero-order valence-corrected chi connectivity index (χ0v) is 6.98. The molecule has 1 aromatic rings. The average molecular weight is 171 g/mol. The van der Waals surface area contributed by atoms with Gasteiger partial charge in [-0.2, -0.15) is 0 Å². The first-order valence-corrected chi connectivity index (χ1v) is 4.76. The Kier molecular flexibility index (Phi) is 2.48. The molecule has 3 nitrogen and oxygen atoms in total. The van der Waals surface area contributed by atoms with E-state index in [-0.39, 0.29) is 10.5 Å². The second-order valence-corrected chi connectivity index (χ2v) is 4.14. The van der Waals surface area contributed by atoms with Gasteiger partial charge in [0.05, 0.1) is 0 Å². The van der Waals surface area contributed by atoms with Crippen LogP contribution in [-0.2, 0) is 5.75 Å². The summed E-state index contributed by atoms with van der Waals surface area (Å²) in [7, 11) is -0.0440. The number of aryl methyl sites for hydroxylation is 1. The standard InChI is InChI=1S/C7H9NO2S/c1-2-11-5-3-4-6(11)8-7(9)10/h3-5,8H,2H2,1H3. The third-order valence-corrected chi connectivity index (χ3v) is 3.22. The summed E-state index contributed by atoms with van der Waals surface area (Å²) in [6.45, 7) is 2.02. The highest BCUT2D eigenvalue weighted by Crippen LogP contribution is 2.30. The van der Waals surface area contributed by atoms with Gasteiger partial charge in [-0.25, -0.2) is 0 Å². The first kappa shape index (κ1) is 8.07. The molecule has 1 rings (SSSR count). The van der Waals surface area contributed by atoms with Crippen molar-refractivity contribution in [3.63, 3.8) is 0 Å². The van der Waals surface area contributed by atoms with Gasteiger partial charge in [-0.05, 0) is 13.0 Å². The molecule has 0 aliphatic carbocycles. The third kappa shape index (κ3) is 1.94. The highest BCUT2D eigenvalue weighted by atomic mass is 32.2. The number of carbonyl (C=O) groups is 1. The van der Waals surface area contributed by atoms with Crippen molar-refractivity contribution in [3.8, 4) is 0 Å². The van der Waals surface area contributed by atoms with Gasteiger partial charge in [-0.3, -0.25) is 5.32 Å². The number of thiophene rings is 1. The van der Waals surface area contributed by atoms with E-state index >= 15 is 0 Å². The number of carbonyl (C=O) groups excluding carboxylic acids is 1. The number of hydrogen-bond acceptors (Lipinski definition) is 2. The van der Waals surface area contributed by atoms with E-state index in [0.717, 1.165) is 10.8 Å². The summed E-state index contributed by atoms with van der Waals surface area (Å²) in [5.41, 5.74) is 0. The Labute approximate surface area is 67.6 Å². The van der Waals surface area contributed by atoms with E-state index in [1.165, 1.54) is 0 Å². The van der Waals surface area contributed by atoms with Gasteiger partial charge in [0.25, 0.3) is 0 Å². The van der Waals surface area contributed by atoms with Crippen LogP contribution in [0.1, 0.15) is 6.92 Å². The molecule has 0 aromatic carbocycles. The summed E-state index contributed by atoms with van der Waals surface area (Å²) in [5.74, 6) is 0.933. The van der Waals surface area contributed by atoms with Crippen LogP contribution >= 0.6 is 10.5 Å². The topological polar surface area (TPSA) is 52.2 Å². The highest BCUT2D eigenvalue weighted by molar-refractivity contribution is 7.32. The van der Waals surface area contributed by atoms with E-state index in [0.29, 0.717) is 0 Å². The minimum atomic E-state index is -1.23. The van der Waals surface area contributed by atoms with E-state index in [1.807, 2.05) is 18.4 Å². The molecule has 0 bridgehead atoms. The normalized spacial score (nSPS) is 11.2. The first-order chi connectivity index (χ1) is 5.24. The van der Waals surface area contributed by atoms with Gasteiger partial charge in [0.1, 0.15) is 17.2 Å². The number of carboxylic acid groups (broad SMARTS) is 1. The Morgan fingerprint density at radius 2 is 2.55 bits per heavy atom. The van der Waals surface area contributed by atoms with Crippen molar-refractivity contribution in [2.45, 2.75) is 12.7 Å². The lowest BCUT2D eigenvalue weighted by Gasteiger charge is -1.99. The van der Waals surface area contributed by atoms with Gasteiger partial charge < -0.3 is 9.90 Å². The van der Waals surface area contributed by atoms with Crippen LogP contribution in [0.2, 0.25) is 0 Å². The lowest BCUT2D eigenvalue weighted by Crippen LogP contribution is -2.28. The summed E-state index contributed by atoms with van der Waals surface area (Å²) < 4.78 is 0. The maximum absolute atomic E-state index is 10.1. The number of hydrogen-bond donors (Lipinski definition) is 1. The van der Waals surface area contributed by atoms with Crippen molar-refractivity contribution < 1.29 is 9.90 Å². The summed E-state index contributed by atoms with van der Waals surface area (Å²) in [6, 6.07) is 3.63. The molecule has 0 saturated heterocycles. The third-order valence-electron chi connectivity index (χ3n) is 1.31. The van der Waals surface area contributed by atoms with Crippen molar-refractivity contribution in [1.82, 2.24) is 0 Å². The molecule has 0 radical (unpaired) electrons. The minimum absolute atomic E-state index is 0.0440. The van der Waals surface area contributed by atoms with Crippen LogP contribution in [0.15, 0.2) is 17.5 Å². The van der Waals surface area contributed by atoms with E-state index in [2.05, 4.69) is 5.32 Å². The Hall–Kier alpha value is -1.03. The Bertz CT molecular complexity index is 257. The van der Waals surface area contributed by atoms with Crippen molar-refractivity contribution >= 4 is 21.6 Å². The molecule has 1 amide bonds. The zero-order valence-electron chi connectivity index (χ0n) is 6.16. The van der Waals surface area contributed by atoms with Crippen LogP contribution in [-0.4, -0.2) is 6.09 Å². The van der Waals surface area contributed by atoms with Crippen LogP contribution in [0.3, 0.4) is 0 Å². The number of amides is 1. The Morgan fingerprint density at radius 1 is 1.82 bits per heavy atom. The monoisotopic (exact) mass is 171 g/mol. The molecule has 0 saturated carbocycles. The van der Waals surface area contributed by atoms with E-state index in [9.17, 15) is 9.90 Å². The second-order valence-electron chi connectivity index (χ2n) is 1.99. The maximum Gasteiger partial charge on any atom is 0.245 e. The van der Waals surface area contributed by atoms with Crippen molar-refractivity contribution in [1.29, 1.82) is 0 Å². The molecule has 1 atom stereocenters. The predicted octanol–water partition coefficient (Wildman–Crippen LogP) is 1.21. The molecule has 1 N–H and O–H groups in total. The maximum atomic E-state index is 10.1. The zero-order chi connectivity index (χ0) is 8.27. The Morgan fingerprint density at radius 3 is 3.09 bits per heavy atom. The van der Waals surface area contributed by atoms with Gasteiger partial charge in [0.2, 0.25) is 5.00 Å². The van der Waals surface area contributed by atoms with Gasteiger partial charge in [-0.15, -0.1) is 0 Å². The van der Waals surface area contributed by atoms with Crippen LogP contribution in [0.4, 0.5) is 9.80 Å². The number of anilines is 1. The molecule has 1 unspecified atom stereocenters. The van der Waals surface area contributed by atoms with Gasteiger partial charge in [0, 0.05) is 16.5 Å². The Balaban J connectivity index is 2.76. The molecule has 0 aliphatic rings. The van der Waals surface area contributed by atoms with Gasteiger partial charge >= 0.3 is 0 Å². The summed E-state index contributed by atoms with van der Waals surface area (Å²) in [4.78, 5) is 10.1. The molecular formula is C7H9NO2S. The molecular weight excluding hydrogens is 162 g/mol. The van der Waals surface area contributed by atoms with Crippen LogP contribution in [0.5, 0.6) is 0 Å². The summed E-state index contributed by atoms with van der Waals surface area (Å²) in [6.07, 6.45) is -1.23. The number of rotatable bonds is 2. The fraction of sp³-hybridized carbons (Fsp3) is 0.286. The quantitative estimate of drug-likeness (QED) is 0.680. The molecule has 4 heteroatoms. The lowest BCUT2D eigenvalue weighted by atomic mass is 10.6. The lowest BCUT2D eigenvalue weighted by molar-refractivity contribution is -0.242. The van der Waals surface area contributed by atoms with E-state index < -0.39 is 6.09 Å². The summed E-state index contributed by atoms with van der Waals surface area (Å²) >= 11 is 0. The van der Waals surface area contributed by atoms with Gasteiger partial charge in [0.15, 0.2) is 0 Å². The fourth-order valence-electron chi connectivity index (χ4n) is 0.842. The second kappa shape index (κ2) is 3.39. The summed E-state index contributed by atoms with van der Waals surface area (Å²) in [5, 5.41) is 15.1. The molecule has 0 aliphatic heterocycles. The molecule has 1 heterocycles. The smallest absolute Gasteiger partial charge is 0.245 e. The van der Waals surface area contributed by atoms with Crippen LogP contribution < -0.4 is 10.4 Å². The minimum Gasteiger partial charge on any atom is -0.530 e. The molecule has 0 spiro atoms. The van der Waals surface area contributed by atoms with E-state index in [1.54, 1.807) is 6.07 Å². The first-order valence-electron chi connectivity index (χ1n) is 3.30. The van der Waals surface area contributed by atoms with Crippen LogP contribution in [0, 0.1) is 0 Å².